The molecule has 208 valence electrons. The quantitative estimate of drug-likeness (QED) is 0.358. The molecule has 0 aliphatic carbocycles. The third kappa shape index (κ3) is 88.5. The lowest BCUT2D eigenvalue weighted by Gasteiger charge is -2.18. The molecule has 1 heterocycles. The molecule has 0 spiro atoms. The molecule has 2 aromatic rings. The normalized spacial score (nSPS) is 10.1. The maximum Gasteiger partial charge on any atom is 0.0267 e. The first-order valence-corrected chi connectivity index (χ1v) is 13.5. The molecule has 0 atom stereocenters. The average Bonchev–Trinajstić information content (AvgIpc) is 2.69. The zero-order chi connectivity index (χ0) is 29.4. The molecule has 0 saturated carbocycles. The summed E-state index contributed by atoms with van der Waals surface area (Å²) in [6.07, 6.45) is 3.50. The molecule has 0 radical (unpaired) electrons. The van der Waals surface area contributed by atoms with E-state index >= 15 is 0 Å². The molecule has 0 aliphatic rings. The van der Waals surface area contributed by atoms with Crippen molar-refractivity contribution in [2.45, 2.75) is 137 Å². The van der Waals surface area contributed by atoms with Gasteiger partial charge < -0.3 is 0 Å². The van der Waals surface area contributed by atoms with E-state index in [-0.39, 0.29) is 0 Å². The van der Waals surface area contributed by atoms with E-state index in [1.54, 1.807) is 12.4 Å². The molecule has 1 nitrogen and oxygen atoms in total. The summed E-state index contributed by atoms with van der Waals surface area (Å²) in [5, 5.41) is 0. The van der Waals surface area contributed by atoms with Crippen LogP contribution in [0.1, 0.15) is 137 Å². The summed E-state index contributed by atoms with van der Waals surface area (Å²) < 4.78 is 0. The molecule has 0 saturated heterocycles. The summed E-state index contributed by atoms with van der Waals surface area (Å²) in [7, 11) is 0. The molecular formula is C34H67N. The van der Waals surface area contributed by atoms with Crippen LogP contribution in [0.5, 0.6) is 0 Å². The Balaban J connectivity index is -0.000000107. The maximum absolute atomic E-state index is 3.78. The molecule has 0 amide bonds. The highest BCUT2D eigenvalue weighted by atomic mass is 14.6. The van der Waals surface area contributed by atoms with Crippen molar-refractivity contribution in [2.24, 2.45) is 16.2 Å². The van der Waals surface area contributed by atoms with Gasteiger partial charge in [0.2, 0.25) is 0 Å². The molecule has 1 aromatic heterocycles. The van der Waals surface area contributed by atoms with Gasteiger partial charge in [-0.05, 0) is 39.4 Å². The molecule has 35 heavy (non-hydrogen) atoms. The highest BCUT2D eigenvalue weighted by molar-refractivity contribution is 5.21. The number of hydrogen-bond donors (Lipinski definition) is 0. The van der Waals surface area contributed by atoms with Crippen LogP contribution in [0, 0.1) is 16.2 Å². The molecular weight excluding hydrogens is 422 g/mol. The van der Waals surface area contributed by atoms with E-state index in [4.69, 9.17) is 0 Å². The molecule has 0 bridgehead atoms. The maximum atomic E-state index is 3.78. The van der Waals surface area contributed by atoms with Crippen LogP contribution in [0.25, 0.3) is 0 Å². The first-order chi connectivity index (χ1) is 15.6. The minimum absolute atomic E-state index is 0.293. The summed E-state index contributed by atoms with van der Waals surface area (Å²) in [5.41, 5.74) is 3.19. The fraction of sp³-hybridized carbons (Fsp3) is 0.676. The van der Waals surface area contributed by atoms with Gasteiger partial charge in [0.05, 0.1) is 0 Å². The van der Waals surface area contributed by atoms with E-state index in [1.807, 2.05) is 45.9 Å². The van der Waals surface area contributed by atoms with E-state index in [0.29, 0.717) is 21.7 Å². The number of benzene rings is 1. The van der Waals surface area contributed by atoms with Crippen LogP contribution < -0.4 is 0 Å². The molecule has 0 N–H and O–H groups in total. The van der Waals surface area contributed by atoms with Crippen LogP contribution >= 0.6 is 0 Å². The Hall–Kier alpha value is -1.63. The van der Waals surface area contributed by atoms with Gasteiger partial charge in [-0.3, -0.25) is 4.98 Å². The van der Waals surface area contributed by atoms with E-state index in [9.17, 15) is 0 Å². The number of hydrogen-bond acceptors (Lipinski definition) is 1. The van der Waals surface area contributed by atoms with Gasteiger partial charge >= 0.3 is 0 Å². The number of rotatable bonds is 0. The molecule has 2 rings (SSSR count). The number of nitrogens with zero attached hydrogens (tertiary/aromatic N) is 1. The minimum Gasteiger partial charge on any atom is -0.265 e. The van der Waals surface area contributed by atoms with Crippen LogP contribution in [-0.4, -0.2) is 4.98 Å². The lowest BCUT2D eigenvalue weighted by Crippen LogP contribution is -2.10. The largest absolute Gasteiger partial charge is 0.265 e. The van der Waals surface area contributed by atoms with E-state index in [2.05, 4.69) is 139 Å². The van der Waals surface area contributed by atoms with Crippen LogP contribution in [0.3, 0.4) is 0 Å². The summed E-state index contributed by atoms with van der Waals surface area (Å²) in [4.78, 5) is 3.78. The van der Waals surface area contributed by atoms with Crippen molar-refractivity contribution in [3.63, 3.8) is 0 Å². The Morgan fingerprint density at radius 1 is 0.400 bits per heavy atom. The summed E-state index contributed by atoms with van der Waals surface area (Å²) in [6.45, 7) is 40.9. The second kappa shape index (κ2) is 24.1. The van der Waals surface area contributed by atoms with Gasteiger partial charge in [0.25, 0.3) is 0 Å². The summed E-state index contributed by atoms with van der Waals surface area (Å²) >= 11 is 0. The lowest BCUT2D eigenvalue weighted by molar-refractivity contribution is 0.469. The van der Waals surface area contributed by atoms with E-state index in [1.165, 1.54) is 5.56 Å². The Labute approximate surface area is 224 Å². The second-order valence-electron chi connectivity index (χ2n) is 13.6. The molecule has 0 aliphatic heterocycles. The molecule has 0 unspecified atom stereocenters. The van der Waals surface area contributed by atoms with Gasteiger partial charge in [-0.1, -0.05) is 168 Å². The van der Waals surface area contributed by atoms with Gasteiger partial charge in [-0.15, -0.1) is 0 Å². The van der Waals surface area contributed by atoms with Crippen molar-refractivity contribution in [3.8, 4) is 0 Å². The zero-order valence-electron chi connectivity index (χ0n) is 27.7. The third-order valence-corrected chi connectivity index (χ3v) is 2.21. The first kappa shape index (κ1) is 43.4. The summed E-state index contributed by atoms with van der Waals surface area (Å²) in [5.74, 6) is 0. The van der Waals surface area contributed by atoms with Gasteiger partial charge in [0.15, 0.2) is 0 Å². The fourth-order valence-corrected chi connectivity index (χ4v) is 1.25. The Kier molecular flexibility index (Phi) is 29.9. The van der Waals surface area contributed by atoms with Crippen molar-refractivity contribution in [1.29, 1.82) is 0 Å². The van der Waals surface area contributed by atoms with E-state index in [0.717, 1.165) is 0 Å². The third-order valence-electron chi connectivity index (χ3n) is 2.21. The van der Waals surface area contributed by atoms with Gasteiger partial charge in [-0.25, -0.2) is 0 Å². The predicted octanol–water partition coefficient (Wildman–Crippen LogP) is 12.3. The Morgan fingerprint density at radius 2 is 0.629 bits per heavy atom. The molecule has 1 heteroatoms. The summed E-state index contributed by atoms with van der Waals surface area (Å²) in [6, 6.07) is 16.3. The zero-order valence-corrected chi connectivity index (χ0v) is 27.7. The fourth-order valence-electron chi connectivity index (χ4n) is 1.25. The van der Waals surface area contributed by atoms with Crippen molar-refractivity contribution in [1.82, 2.24) is 4.98 Å². The second-order valence-corrected chi connectivity index (χ2v) is 13.6. The number of aromatic nitrogens is 1. The van der Waals surface area contributed by atoms with Gasteiger partial charge in [-0.2, -0.15) is 0 Å². The first-order valence-electron chi connectivity index (χ1n) is 13.5. The molecule has 0 fully saturated rings. The van der Waals surface area contributed by atoms with E-state index < -0.39 is 0 Å². The Bertz CT molecular complexity index is 527. The van der Waals surface area contributed by atoms with Gasteiger partial charge in [0, 0.05) is 12.4 Å². The number of pyridine rings is 1. The van der Waals surface area contributed by atoms with Crippen LogP contribution in [0.2, 0.25) is 0 Å². The van der Waals surface area contributed by atoms with Crippen molar-refractivity contribution >= 4 is 0 Å². The van der Waals surface area contributed by atoms with Crippen molar-refractivity contribution < 1.29 is 0 Å². The van der Waals surface area contributed by atoms with Crippen LogP contribution in [0.15, 0.2) is 60.9 Å². The minimum atomic E-state index is 0.293. The highest BCUT2D eigenvalue weighted by Crippen LogP contribution is 2.20. The van der Waals surface area contributed by atoms with Crippen LogP contribution in [-0.2, 0) is 5.41 Å². The van der Waals surface area contributed by atoms with Crippen LogP contribution in [0.4, 0.5) is 0 Å². The lowest BCUT2D eigenvalue weighted by atomic mass is 9.87. The average molecular weight is 490 g/mol. The van der Waals surface area contributed by atoms with Crippen molar-refractivity contribution in [2.75, 3.05) is 0 Å². The highest BCUT2D eigenvalue weighted by Gasteiger charge is 2.11. The Morgan fingerprint density at radius 3 is 0.743 bits per heavy atom. The monoisotopic (exact) mass is 490 g/mol. The SMILES string of the molecule is CC.CC.CC(C)(C)C.CC(C)(C)C.CC(C)(C)C.CC(C)(C)c1ccccc1.c1ccncc1. The topological polar surface area (TPSA) is 12.9 Å². The predicted molar refractivity (Wildman–Crippen MR) is 167 cm³/mol. The van der Waals surface area contributed by atoms with Gasteiger partial charge in [0.1, 0.15) is 0 Å². The smallest absolute Gasteiger partial charge is 0.0267 e. The molecule has 1 aromatic carbocycles. The standard InChI is InChI=1S/C10H14.C5H5N.3C5H12.2C2H6/c1-10(2,3)9-7-5-4-6-8-9;1-2-4-6-5-3-1;3*1-5(2,3)4;2*1-2/h4-8H,1-3H3;1-5H;3*1-4H3;2*1-2H3. The van der Waals surface area contributed by atoms with Crippen molar-refractivity contribution in [3.05, 3.63) is 66.5 Å².